The van der Waals surface area contributed by atoms with E-state index in [-0.39, 0.29) is 10.8 Å². The molecule has 3 nitrogen and oxygen atoms in total. The Hall–Kier alpha value is -0.350. The Balaban J connectivity index is 2.68. The molecule has 0 aromatic carbocycles. The number of hydrogen-bond acceptors (Lipinski definition) is 3. The van der Waals surface area contributed by atoms with Gasteiger partial charge in [-0.3, -0.25) is 0 Å². The highest BCUT2D eigenvalue weighted by Gasteiger charge is 2.44. The fourth-order valence-electron chi connectivity index (χ4n) is 1.78. The van der Waals surface area contributed by atoms with E-state index >= 15 is 0 Å². The van der Waals surface area contributed by atoms with E-state index in [1.165, 1.54) is 0 Å². The summed E-state index contributed by atoms with van der Waals surface area (Å²) in [7, 11) is 0. The minimum absolute atomic E-state index is 0.0586. The maximum absolute atomic E-state index is 11.5. The molecular formula is C12H19BrO3. The second-order valence-electron chi connectivity index (χ2n) is 5.15. The molecule has 0 aromatic rings. The third-order valence-corrected chi connectivity index (χ3v) is 4.44. The van der Waals surface area contributed by atoms with Gasteiger partial charge >= 0.3 is 5.97 Å². The molecule has 1 aliphatic rings. The largest absolute Gasteiger partial charge is 0.456 e. The Labute approximate surface area is 105 Å². The molecule has 0 heterocycles. The first-order valence-corrected chi connectivity index (χ1v) is 6.33. The zero-order valence-corrected chi connectivity index (χ0v) is 11.6. The molecule has 0 aromatic heterocycles. The topological polar surface area (TPSA) is 46.5 Å². The van der Waals surface area contributed by atoms with Crippen molar-refractivity contribution >= 4 is 21.9 Å². The lowest BCUT2D eigenvalue weighted by Gasteiger charge is -2.43. The van der Waals surface area contributed by atoms with Gasteiger partial charge in [0, 0.05) is 16.8 Å². The summed E-state index contributed by atoms with van der Waals surface area (Å²) < 4.78 is 5.42. The van der Waals surface area contributed by atoms with E-state index in [0.29, 0.717) is 24.8 Å². The van der Waals surface area contributed by atoms with Crippen LogP contribution < -0.4 is 0 Å². The molecule has 1 rings (SSSR count). The van der Waals surface area contributed by atoms with Crippen LogP contribution in [0.25, 0.3) is 0 Å². The van der Waals surface area contributed by atoms with E-state index in [9.17, 15) is 9.90 Å². The number of ether oxygens (including phenoxy) is 1. The van der Waals surface area contributed by atoms with Crippen LogP contribution in [0.15, 0.2) is 12.2 Å². The van der Waals surface area contributed by atoms with Gasteiger partial charge in [-0.1, -0.05) is 22.5 Å². The first-order valence-electron chi connectivity index (χ1n) is 5.42. The fourth-order valence-corrected chi connectivity index (χ4v) is 2.69. The number of aliphatic hydroxyl groups is 1. The zero-order chi connectivity index (χ0) is 12.6. The van der Waals surface area contributed by atoms with Crippen LogP contribution in [0.2, 0.25) is 0 Å². The van der Waals surface area contributed by atoms with E-state index in [1.54, 1.807) is 13.8 Å². The number of rotatable bonds is 2. The monoisotopic (exact) mass is 290 g/mol. The van der Waals surface area contributed by atoms with Crippen molar-refractivity contribution in [3.8, 4) is 0 Å². The minimum Gasteiger partial charge on any atom is -0.456 e. The van der Waals surface area contributed by atoms with Crippen molar-refractivity contribution in [1.29, 1.82) is 0 Å². The highest BCUT2D eigenvalue weighted by Crippen LogP contribution is 2.40. The van der Waals surface area contributed by atoms with Crippen LogP contribution in [0.3, 0.4) is 0 Å². The molecular weight excluding hydrogens is 272 g/mol. The van der Waals surface area contributed by atoms with Crippen molar-refractivity contribution in [2.45, 2.75) is 56.1 Å². The molecule has 1 aliphatic carbocycles. The summed E-state index contributed by atoms with van der Waals surface area (Å²) in [6.45, 7) is 8.90. The van der Waals surface area contributed by atoms with E-state index in [0.717, 1.165) is 0 Å². The van der Waals surface area contributed by atoms with Crippen LogP contribution in [-0.2, 0) is 9.53 Å². The van der Waals surface area contributed by atoms with Gasteiger partial charge in [0.25, 0.3) is 0 Å². The van der Waals surface area contributed by atoms with Gasteiger partial charge in [0.2, 0.25) is 0 Å². The molecule has 0 saturated heterocycles. The fraction of sp³-hybridized carbons (Fsp3) is 0.750. The molecule has 1 N–H and O–H groups in total. The molecule has 16 heavy (non-hydrogen) atoms. The van der Waals surface area contributed by atoms with E-state index in [1.807, 2.05) is 6.92 Å². The van der Waals surface area contributed by atoms with Gasteiger partial charge in [-0.15, -0.1) is 0 Å². The number of alkyl halides is 1. The van der Waals surface area contributed by atoms with Gasteiger partial charge in [0.05, 0.1) is 5.60 Å². The first-order chi connectivity index (χ1) is 7.16. The highest BCUT2D eigenvalue weighted by molar-refractivity contribution is 9.09. The third-order valence-electron chi connectivity index (χ3n) is 3.13. The van der Waals surface area contributed by atoms with Crippen LogP contribution in [-0.4, -0.2) is 27.1 Å². The molecule has 4 heteroatoms. The summed E-state index contributed by atoms with van der Waals surface area (Å²) in [6.07, 6.45) is 1.89. The lowest BCUT2D eigenvalue weighted by atomic mass is 9.77. The summed E-state index contributed by atoms with van der Waals surface area (Å²) in [5, 5.41) is 10.0. The molecule has 0 aliphatic heterocycles. The molecule has 3 atom stereocenters. The van der Waals surface area contributed by atoms with E-state index in [2.05, 4.69) is 22.5 Å². The predicted molar refractivity (Wildman–Crippen MR) is 66.5 cm³/mol. The molecule has 0 radical (unpaired) electrons. The van der Waals surface area contributed by atoms with Crippen LogP contribution in [0.4, 0.5) is 0 Å². The van der Waals surface area contributed by atoms with Crippen LogP contribution >= 0.6 is 15.9 Å². The molecule has 1 fully saturated rings. The maximum Gasteiger partial charge on any atom is 0.333 e. The smallest absolute Gasteiger partial charge is 0.333 e. The number of hydrogen-bond donors (Lipinski definition) is 1. The standard InChI is InChI=1S/C12H19BrO3/c1-8(2)10(14)16-11(3)5-6-12(4,15)9(13)7-11/h9,15H,1,5-7H2,2-4H3. The average Bonchev–Trinajstić information content (AvgIpc) is 2.13. The zero-order valence-electron chi connectivity index (χ0n) is 10.0. The minimum atomic E-state index is -0.727. The van der Waals surface area contributed by atoms with Crippen LogP contribution in [0.1, 0.15) is 40.0 Å². The summed E-state index contributed by atoms with van der Waals surface area (Å²) in [4.78, 5) is 11.4. The van der Waals surface area contributed by atoms with Crippen LogP contribution in [0, 0.1) is 0 Å². The summed E-state index contributed by atoms with van der Waals surface area (Å²) >= 11 is 3.45. The van der Waals surface area contributed by atoms with E-state index in [4.69, 9.17) is 4.74 Å². The van der Waals surface area contributed by atoms with Crippen molar-refractivity contribution in [1.82, 2.24) is 0 Å². The van der Waals surface area contributed by atoms with Crippen molar-refractivity contribution in [3.05, 3.63) is 12.2 Å². The maximum atomic E-state index is 11.5. The van der Waals surface area contributed by atoms with Gasteiger partial charge in [-0.2, -0.15) is 0 Å². The van der Waals surface area contributed by atoms with Crippen LogP contribution in [0.5, 0.6) is 0 Å². The first kappa shape index (κ1) is 13.7. The Morgan fingerprint density at radius 2 is 2.06 bits per heavy atom. The normalized spacial score (nSPS) is 39.2. The Kier molecular flexibility index (Phi) is 3.85. The van der Waals surface area contributed by atoms with Crippen molar-refractivity contribution in [2.75, 3.05) is 0 Å². The van der Waals surface area contributed by atoms with Gasteiger partial charge in [-0.25, -0.2) is 4.79 Å². The van der Waals surface area contributed by atoms with Gasteiger partial charge in [0.15, 0.2) is 0 Å². The second kappa shape index (κ2) is 4.49. The molecule has 0 bridgehead atoms. The Morgan fingerprint density at radius 1 is 1.50 bits per heavy atom. The van der Waals surface area contributed by atoms with Gasteiger partial charge < -0.3 is 9.84 Å². The third kappa shape index (κ3) is 3.08. The molecule has 0 amide bonds. The number of esters is 1. The molecule has 92 valence electrons. The lowest BCUT2D eigenvalue weighted by molar-refractivity contribution is -0.160. The number of carbonyl (C=O) groups excluding carboxylic acids is 1. The van der Waals surface area contributed by atoms with Crippen molar-refractivity contribution in [2.24, 2.45) is 0 Å². The van der Waals surface area contributed by atoms with E-state index < -0.39 is 11.2 Å². The average molecular weight is 291 g/mol. The highest BCUT2D eigenvalue weighted by atomic mass is 79.9. The molecule has 1 saturated carbocycles. The molecule has 0 spiro atoms. The number of halogens is 1. The number of carbonyl (C=O) groups is 1. The quantitative estimate of drug-likeness (QED) is 0.483. The van der Waals surface area contributed by atoms with Gasteiger partial charge in [-0.05, 0) is 33.6 Å². The van der Waals surface area contributed by atoms with Gasteiger partial charge in [0.1, 0.15) is 5.60 Å². The SMILES string of the molecule is C=C(C)C(=O)OC1(C)CCC(C)(O)C(Br)C1. The second-order valence-corrected chi connectivity index (χ2v) is 6.25. The summed E-state index contributed by atoms with van der Waals surface area (Å²) in [6, 6.07) is 0. The lowest BCUT2D eigenvalue weighted by Crippen LogP contribution is -2.49. The summed E-state index contributed by atoms with van der Waals surface area (Å²) in [5.41, 5.74) is -0.827. The van der Waals surface area contributed by atoms with Crippen molar-refractivity contribution < 1.29 is 14.6 Å². The summed E-state index contributed by atoms with van der Waals surface area (Å²) in [5.74, 6) is -0.358. The Morgan fingerprint density at radius 3 is 2.50 bits per heavy atom. The molecule has 3 unspecified atom stereocenters. The Bertz CT molecular complexity index is 311. The predicted octanol–water partition coefficient (Wildman–Crippen LogP) is 2.56. The van der Waals surface area contributed by atoms with Crippen molar-refractivity contribution in [3.63, 3.8) is 0 Å².